The number of fused-ring (bicyclic) bond motifs is 1. The van der Waals surface area contributed by atoms with E-state index in [9.17, 15) is 89.1 Å². The van der Waals surface area contributed by atoms with Crippen molar-refractivity contribution in [3.63, 3.8) is 0 Å². The van der Waals surface area contributed by atoms with E-state index >= 15 is 0 Å². The van der Waals surface area contributed by atoms with E-state index in [1.165, 1.54) is 37.4 Å². The number of aliphatic hydroxyl groups excluding tert-OH is 8. The molecule has 0 aliphatic carbocycles. The Morgan fingerprint density at radius 3 is 1.86 bits per heavy atom. The minimum absolute atomic E-state index is 0.00239. The van der Waals surface area contributed by atoms with Crippen LogP contribution in [0.5, 0.6) is 0 Å². The average molecular weight is 1040 g/mol. The Labute approximate surface area is 413 Å². The van der Waals surface area contributed by atoms with Crippen molar-refractivity contribution < 1.29 is 89.4 Å². The summed E-state index contributed by atoms with van der Waals surface area (Å²) in [6.07, 6.45) is -15.3. The zero-order valence-electron chi connectivity index (χ0n) is 39.2. The SMILES string of the molecule is C[C@H](CCC(=O)O)NC(=O)C[C@@H](NC(=O)[C@H](CCC=O)NC(=O)C[C@@H](NC(=O)CC[C@H](NC(=O)c1ccc(NCc2cnc3nc(N)[nH]c(=O)c3n2)cc1)C(=O)O)[C@@H](O)[C@H](O)[C@H](O)CO)[C@@H](O)[C@H](O)[C@H](O)CO. The number of amides is 5. The number of hydrogen-bond donors (Lipinski definition) is 18. The summed E-state index contributed by atoms with van der Waals surface area (Å²) in [4.78, 5) is 128. The summed E-state index contributed by atoms with van der Waals surface area (Å²) in [5.41, 5.74) is 5.79. The van der Waals surface area contributed by atoms with E-state index in [1.54, 1.807) is 0 Å². The molecule has 73 heavy (non-hydrogen) atoms. The number of carboxylic acids is 2. The van der Waals surface area contributed by atoms with Gasteiger partial charge in [-0.25, -0.2) is 14.8 Å². The molecule has 30 nitrogen and oxygen atoms in total. The molecule has 0 aliphatic rings. The Balaban J connectivity index is 1.71. The lowest BCUT2D eigenvalue weighted by molar-refractivity contribution is -0.140. The van der Waals surface area contributed by atoms with Gasteiger partial charge in [0.05, 0.1) is 43.7 Å². The number of nitrogens with zero attached hydrogens (tertiary/aromatic N) is 3. The number of benzene rings is 1. The van der Waals surface area contributed by atoms with Gasteiger partial charge in [-0.15, -0.1) is 0 Å². The minimum atomic E-state index is -2.23. The molecule has 0 saturated carbocycles. The van der Waals surface area contributed by atoms with Crippen molar-refractivity contribution >= 4 is 70.6 Å². The van der Waals surface area contributed by atoms with Crippen molar-refractivity contribution in [3.05, 3.63) is 52.1 Å². The van der Waals surface area contributed by atoms with Gasteiger partial charge in [-0.05, 0) is 50.5 Å². The first kappa shape index (κ1) is 60.0. The van der Waals surface area contributed by atoms with Gasteiger partial charge in [0.2, 0.25) is 29.6 Å². The highest BCUT2D eigenvalue weighted by atomic mass is 16.4. The molecule has 1 aromatic carbocycles. The molecule has 11 atom stereocenters. The molecule has 0 saturated heterocycles. The average Bonchev–Trinajstić information content (AvgIpc) is 3.35. The Morgan fingerprint density at radius 2 is 1.30 bits per heavy atom. The van der Waals surface area contributed by atoms with Crippen molar-refractivity contribution in [2.45, 2.75) is 132 Å². The molecule has 0 spiro atoms. The number of carboxylic acid groups (broad SMARTS) is 2. The summed E-state index contributed by atoms with van der Waals surface area (Å²) in [7, 11) is 0. The number of nitrogens with one attached hydrogen (secondary N) is 7. The molecule has 3 aromatic rings. The number of carbonyl (C=O) groups excluding carboxylic acids is 6. The first-order chi connectivity index (χ1) is 34.5. The van der Waals surface area contributed by atoms with Gasteiger partial charge in [0.1, 0.15) is 55.0 Å². The Bertz CT molecular complexity index is 2430. The number of rotatable bonds is 32. The lowest BCUT2D eigenvalue weighted by Crippen LogP contribution is -2.58. The fraction of sp³-hybridized carbons (Fsp3) is 0.535. The zero-order valence-corrected chi connectivity index (χ0v) is 39.2. The summed E-state index contributed by atoms with van der Waals surface area (Å²) in [6.45, 7) is -0.621. The van der Waals surface area contributed by atoms with E-state index in [-0.39, 0.29) is 42.1 Å². The number of aromatic nitrogens is 4. The monoisotopic (exact) mass is 1040 g/mol. The molecule has 0 bridgehead atoms. The van der Waals surface area contributed by atoms with E-state index in [0.717, 1.165) is 0 Å². The zero-order chi connectivity index (χ0) is 54.5. The predicted octanol–water partition coefficient (Wildman–Crippen LogP) is -6.40. The highest BCUT2D eigenvalue weighted by Crippen LogP contribution is 2.15. The van der Waals surface area contributed by atoms with Crippen LogP contribution in [0.4, 0.5) is 11.6 Å². The van der Waals surface area contributed by atoms with Crippen molar-refractivity contribution in [1.29, 1.82) is 0 Å². The second kappa shape index (κ2) is 29.3. The van der Waals surface area contributed by atoms with Gasteiger partial charge >= 0.3 is 11.9 Å². The van der Waals surface area contributed by atoms with Crippen molar-refractivity contribution in [3.8, 4) is 0 Å². The molecule has 0 aliphatic heterocycles. The van der Waals surface area contributed by atoms with Gasteiger partial charge in [0.15, 0.2) is 11.2 Å². The number of nitrogen functional groups attached to an aromatic ring is 1. The van der Waals surface area contributed by atoms with Crippen LogP contribution in [0.2, 0.25) is 0 Å². The molecule has 2 heterocycles. The molecule has 3 rings (SSSR count). The van der Waals surface area contributed by atoms with Crippen LogP contribution in [-0.4, -0.2) is 199 Å². The van der Waals surface area contributed by atoms with Gasteiger partial charge in [-0.2, -0.15) is 4.98 Å². The van der Waals surface area contributed by atoms with Crippen LogP contribution >= 0.6 is 0 Å². The largest absolute Gasteiger partial charge is 0.481 e. The van der Waals surface area contributed by atoms with Crippen LogP contribution in [0.15, 0.2) is 35.3 Å². The lowest BCUT2D eigenvalue weighted by Gasteiger charge is -2.31. The summed E-state index contributed by atoms with van der Waals surface area (Å²) in [5.74, 6) is -8.04. The molecule has 2 aromatic heterocycles. The van der Waals surface area contributed by atoms with Crippen molar-refractivity contribution in [2.24, 2.45) is 0 Å². The van der Waals surface area contributed by atoms with Gasteiger partial charge in [-0.3, -0.25) is 38.5 Å². The van der Waals surface area contributed by atoms with E-state index in [2.05, 4.69) is 51.8 Å². The predicted molar refractivity (Wildman–Crippen MR) is 249 cm³/mol. The maximum atomic E-state index is 13.6. The van der Waals surface area contributed by atoms with Crippen LogP contribution in [0, 0.1) is 0 Å². The molecule has 5 amide bonds. The molecule has 0 radical (unpaired) electrons. The topological polar surface area (TPSA) is 509 Å². The Morgan fingerprint density at radius 1 is 0.712 bits per heavy atom. The van der Waals surface area contributed by atoms with E-state index < -0.39 is 166 Å². The molecule has 19 N–H and O–H groups in total. The smallest absolute Gasteiger partial charge is 0.326 e. The number of aliphatic hydroxyl groups is 8. The van der Waals surface area contributed by atoms with Crippen LogP contribution in [-0.2, 0) is 40.1 Å². The quantitative estimate of drug-likeness (QED) is 0.0259. The lowest BCUT2D eigenvalue weighted by atomic mass is 9.96. The summed E-state index contributed by atoms with van der Waals surface area (Å²) in [6, 6.07) is -2.07. The summed E-state index contributed by atoms with van der Waals surface area (Å²) in [5, 5.41) is 115. The minimum Gasteiger partial charge on any atom is -0.481 e. The number of nitrogens with two attached hydrogens (primary N) is 1. The highest BCUT2D eigenvalue weighted by Gasteiger charge is 2.37. The third-order valence-electron chi connectivity index (χ3n) is 11.0. The Kier molecular flexibility index (Phi) is 24.0. The highest BCUT2D eigenvalue weighted by molar-refractivity contribution is 5.97. The summed E-state index contributed by atoms with van der Waals surface area (Å²) < 4.78 is 0. The number of aliphatic carboxylic acids is 2. The molecular weight excluding hydrogens is 975 g/mol. The van der Waals surface area contributed by atoms with Crippen LogP contribution in [0.1, 0.15) is 74.3 Å². The maximum absolute atomic E-state index is 13.6. The second-order valence-corrected chi connectivity index (χ2v) is 16.7. The molecule has 30 heteroatoms. The van der Waals surface area contributed by atoms with Crippen molar-refractivity contribution in [2.75, 3.05) is 24.3 Å². The van der Waals surface area contributed by atoms with Gasteiger partial charge in [0.25, 0.3) is 11.5 Å². The number of aromatic amines is 1. The van der Waals surface area contributed by atoms with Crippen molar-refractivity contribution in [1.82, 2.24) is 46.5 Å². The fourth-order valence-corrected chi connectivity index (χ4v) is 6.89. The number of H-pyrrole nitrogens is 1. The number of aldehydes is 1. The maximum Gasteiger partial charge on any atom is 0.326 e. The van der Waals surface area contributed by atoms with Gasteiger partial charge in [0, 0.05) is 49.4 Å². The number of carbonyl (C=O) groups is 8. The molecule has 0 unspecified atom stereocenters. The fourth-order valence-electron chi connectivity index (χ4n) is 6.89. The van der Waals surface area contributed by atoms with Gasteiger partial charge < -0.3 is 93.5 Å². The first-order valence-electron chi connectivity index (χ1n) is 22.5. The van der Waals surface area contributed by atoms with E-state index in [4.69, 9.17) is 10.8 Å². The van der Waals surface area contributed by atoms with Crippen LogP contribution < -0.4 is 43.2 Å². The Hall–Kier alpha value is -7.32. The molecule has 402 valence electrons. The van der Waals surface area contributed by atoms with E-state index in [1.807, 2.05) is 0 Å². The standard InChI is InChI=1S/C43H61N11O19/c1-19(4-11-32(63)64)47-30(61)14-26(35(66)37(68)28(59)18-57)52-40(70)23(3-2-12-55)49-31(62)13-25(34(65)36(67)27(58)17-56)50-29(60)10-9-24(42(72)73)51-39(69)20-5-7-21(8-6-20)45-15-22-16-46-38-33(48-22)41(71)54-43(44)53-38/h5-8,12,16,19,23-28,34-37,45,56-59,65-68H,2-4,9-11,13-15,17-18H2,1H3,(H,47,61)(H,49,62)(H,50,60)(H,51,69)(H,52,70)(H,63,64)(H,72,73)(H3,44,46,53,54,71)/t19-,23+,24+,25-,26-,27-,28-,34-,35-,36-,37-/m1/s1. The van der Waals surface area contributed by atoms with Gasteiger partial charge in [-0.1, -0.05) is 0 Å². The molecule has 0 fully saturated rings. The summed E-state index contributed by atoms with van der Waals surface area (Å²) >= 11 is 0. The van der Waals surface area contributed by atoms with Crippen LogP contribution in [0.3, 0.4) is 0 Å². The normalized spacial score (nSPS) is 15.8. The number of hydrogen-bond acceptors (Lipinski definition) is 22. The third-order valence-corrected chi connectivity index (χ3v) is 11.0. The number of anilines is 2. The second-order valence-electron chi connectivity index (χ2n) is 16.7. The van der Waals surface area contributed by atoms with Crippen LogP contribution in [0.25, 0.3) is 11.2 Å². The van der Waals surface area contributed by atoms with E-state index in [0.29, 0.717) is 17.7 Å². The molecular formula is C43H61N11O19. The first-order valence-corrected chi connectivity index (χ1v) is 22.5. The third kappa shape index (κ3) is 19.3.